The topological polar surface area (TPSA) is 12.5 Å². The van der Waals surface area contributed by atoms with Crippen molar-refractivity contribution >= 4 is 23.5 Å². The highest BCUT2D eigenvalue weighted by atomic mass is 32.2. The van der Waals surface area contributed by atoms with Crippen LogP contribution in [0.25, 0.3) is 0 Å². The van der Waals surface area contributed by atoms with Gasteiger partial charge in [0.25, 0.3) is 0 Å². The third kappa shape index (κ3) is 6.30. The van der Waals surface area contributed by atoms with Gasteiger partial charge in [-0.15, -0.1) is 0 Å². The van der Waals surface area contributed by atoms with Gasteiger partial charge in [0, 0.05) is 45.0 Å². The molecule has 0 bridgehead atoms. The monoisotopic (exact) mass is 748 g/mol. The van der Waals surface area contributed by atoms with Crippen molar-refractivity contribution in [3.8, 4) is 0 Å². The normalized spacial score (nSPS) is 52.7. The van der Waals surface area contributed by atoms with Gasteiger partial charge in [0.2, 0.25) is 0 Å². The van der Waals surface area contributed by atoms with Crippen LogP contribution in [0.2, 0.25) is 0 Å². The Balaban J connectivity index is 0.889. The molecule has 0 spiro atoms. The second kappa shape index (κ2) is 15.4. The lowest BCUT2D eigenvalue weighted by Gasteiger charge is -2.53. The number of fused-ring (bicyclic) bond motifs is 10. The second-order valence-corrected chi connectivity index (χ2v) is 24.3. The van der Waals surface area contributed by atoms with E-state index < -0.39 is 0 Å². The Hall–Kier alpha value is 0.620. The van der Waals surface area contributed by atoms with Gasteiger partial charge in [-0.1, -0.05) is 96.3 Å². The molecule has 2 nitrogen and oxygen atoms in total. The fourth-order valence-corrected chi connectivity index (χ4v) is 21.9. The van der Waals surface area contributed by atoms with E-state index in [1.165, 1.54) is 122 Å². The van der Waals surface area contributed by atoms with Crippen LogP contribution in [0.1, 0.15) is 186 Å². The maximum absolute atomic E-state index is 7.86. The fraction of sp³-hybridized carbons (Fsp3) is 1.00. The summed E-state index contributed by atoms with van der Waals surface area (Å²) < 4.78 is 7.86. The molecular weight excluding hydrogens is 671 g/mol. The molecule has 8 aliphatic carbocycles. The Bertz CT molecular complexity index is 1210. The van der Waals surface area contributed by atoms with Crippen LogP contribution in [0.3, 0.4) is 0 Å². The molecule has 0 aromatic carbocycles. The van der Waals surface area contributed by atoms with Crippen LogP contribution < -0.4 is 0 Å². The Morgan fingerprint density at radius 2 is 0.942 bits per heavy atom. The van der Waals surface area contributed by atoms with Gasteiger partial charge in [0.1, 0.15) is 0 Å². The first-order valence-electron chi connectivity index (χ1n) is 24.5. The SMILES string of the molecule is C1CCC(C2CCC(N(C3CCCC4C5CCC6SC7CCCCC7C6C5OC43)C3CCCC4C5CCCC(C6CCCCC6)C5SC43)CC2)CC1. The molecule has 0 amide bonds. The molecule has 11 fully saturated rings. The van der Waals surface area contributed by atoms with E-state index >= 15 is 0 Å². The van der Waals surface area contributed by atoms with E-state index in [0.717, 1.165) is 98.3 Å². The number of ether oxygens (including phenoxy) is 1. The Kier molecular flexibility index (Phi) is 10.6. The molecule has 15 atom stereocenters. The van der Waals surface area contributed by atoms with Crippen molar-refractivity contribution in [3.05, 3.63) is 0 Å². The highest BCUT2D eigenvalue weighted by Gasteiger charge is 2.62. The van der Waals surface area contributed by atoms with E-state index in [4.69, 9.17) is 4.74 Å². The zero-order valence-corrected chi connectivity index (χ0v) is 34.8. The van der Waals surface area contributed by atoms with Crippen LogP contribution in [-0.4, -0.2) is 56.2 Å². The van der Waals surface area contributed by atoms with Crippen LogP contribution in [0, 0.1) is 59.2 Å². The molecule has 3 heterocycles. The van der Waals surface area contributed by atoms with E-state index in [1.54, 1.807) is 64.2 Å². The highest BCUT2D eigenvalue weighted by Crippen LogP contribution is 2.63. The van der Waals surface area contributed by atoms with E-state index in [-0.39, 0.29) is 0 Å². The summed E-state index contributed by atoms with van der Waals surface area (Å²) in [7, 11) is 0. The number of nitrogens with zero attached hydrogens (tertiary/aromatic N) is 1. The van der Waals surface area contributed by atoms with Crippen molar-refractivity contribution in [2.45, 2.75) is 238 Å². The molecule has 11 rings (SSSR count). The molecule has 0 aromatic rings. The molecule has 15 unspecified atom stereocenters. The molecule has 0 radical (unpaired) electrons. The van der Waals surface area contributed by atoms with Crippen molar-refractivity contribution in [2.24, 2.45) is 59.2 Å². The molecule has 52 heavy (non-hydrogen) atoms. The molecule has 8 saturated carbocycles. The average Bonchev–Trinajstić information content (AvgIpc) is 3.91. The molecule has 11 aliphatic rings. The van der Waals surface area contributed by atoms with E-state index in [0.29, 0.717) is 12.2 Å². The first-order chi connectivity index (χ1) is 25.8. The summed E-state index contributed by atoms with van der Waals surface area (Å²) in [5.74, 6) is 9.92. The summed E-state index contributed by atoms with van der Waals surface area (Å²) >= 11 is 5.12. The largest absolute Gasteiger partial charge is 0.372 e. The van der Waals surface area contributed by atoms with Crippen molar-refractivity contribution < 1.29 is 4.74 Å². The minimum absolute atomic E-state index is 0.551. The second-order valence-electron chi connectivity index (χ2n) is 21.5. The highest BCUT2D eigenvalue weighted by molar-refractivity contribution is 8.01. The van der Waals surface area contributed by atoms with Gasteiger partial charge in [-0.2, -0.15) is 23.5 Å². The van der Waals surface area contributed by atoms with Gasteiger partial charge >= 0.3 is 0 Å². The number of hydrogen-bond donors (Lipinski definition) is 0. The minimum atomic E-state index is 0.551. The number of rotatable bonds is 5. The quantitative estimate of drug-likeness (QED) is 0.277. The van der Waals surface area contributed by atoms with Gasteiger partial charge in [-0.05, 0) is 143 Å². The van der Waals surface area contributed by atoms with E-state index in [9.17, 15) is 0 Å². The first-order valence-corrected chi connectivity index (χ1v) is 26.4. The molecule has 0 N–H and O–H groups in total. The maximum atomic E-state index is 7.86. The van der Waals surface area contributed by atoms with Crippen LogP contribution in [0.5, 0.6) is 0 Å². The van der Waals surface area contributed by atoms with Gasteiger partial charge in [-0.3, -0.25) is 4.90 Å². The van der Waals surface area contributed by atoms with Gasteiger partial charge in [0.05, 0.1) is 12.2 Å². The Morgan fingerprint density at radius 1 is 0.346 bits per heavy atom. The number of thioether (sulfide) groups is 2. The fourth-order valence-electron chi connectivity index (χ4n) is 17.4. The third-order valence-corrected chi connectivity index (χ3v) is 23.3. The summed E-state index contributed by atoms with van der Waals surface area (Å²) in [5, 5.41) is 3.82. The first kappa shape index (κ1) is 35.8. The Morgan fingerprint density at radius 3 is 1.75 bits per heavy atom. The molecule has 3 aliphatic heterocycles. The zero-order chi connectivity index (χ0) is 34.2. The predicted octanol–water partition coefficient (Wildman–Crippen LogP) is 12.7. The standard InChI is InChI=1S/C48H77NOS2/c1-3-12-30(13-4-1)31-24-26-33(27-25-31)49(41-22-11-20-38-37-19-9-17-34(47(37)52-48(38)41)32-14-5-2-6-15-32)40-21-10-18-35-36-28-29-43-44(46(36)50-45(35)40)39-16-7-8-23-42(39)51-43/h30-48H,1-29H2. The summed E-state index contributed by atoms with van der Waals surface area (Å²) in [6.07, 6.45) is 45.4. The summed E-state index contributed by atoms with van der Waals surface area (Å²) in [5.41, 5.74) is 0. The van der Waals surface area contributed by atoms with Crippen molar-refractivity contribution in [1.82, 2.24) is 4.90 Å². The van der Waals surface area contributed by atoms with Crippen molar-refractivity contribution in [1.29, 1.82) is 0 Å². The van der Waals surface area contributed by atoms with Crippen LogP contribution in [0.4, 0.5) is 0 Å². The lowest BCUT2D eigenvalue weighted by atomic mass is 9.64. The average molecular weight is 748 g/mol. The van der Waals surface area contributed by atoms with E-state index in [1.807, 2.05) is 0 Å². The predicted molar refractivity (Wildman–Crippen MR) is 221 cm³/mol. The third-order valence-electron chi connectivity index (χ3n) is 19.4. The lowest BCUT2D eigenvalue weighted by Crippen LogP contribution is -2.61. The molecule has 292 valence electrons. The van der Waals surface area contributed by atoms with Crippen molar-refractivity contribution in [3.63, 3.8) is 0 Å². The zero-order valence-electron chi connectivity index (χ0n) is 33.1. The molecule has 4 heteroatoms. The minimum Gasteiger partial charge on any atom is -0.372 e. The van der Waals surface area contributed by atoms with Crippen LogP contribution in [0.15, 0.2) is 0 Å². The number of hydrogen-bond acceptors (Lipinski definition) is 4. The smallest absolute Gasteiger partial charge is 0.0766 e. The maximum Gasteiger partial charge on any atom is 0.0766 e. The van der Waals surface area contributed by atoms with Gasteiger partial charge < -0.3 is 4.74 Å². The van der Waals surface area contributed by atoms with Crippen molar-refractivity contribution in [2.75, 3.05) is 0 Å². The lowest BCUT2D eigenvalue weighted by molar-refractivity contribution is -0.0983. The van der Waals surface area contributed by atoms with Crippen LogP contribution >= 0.6 is 23.5 Å². The van der Waals surface area contributed by atoms with Crippen LogP contribution in [-0.2, 0) is 4.74 Å². The van der Waals surface area contributed by atoms with E-state index in [2.05, 4.69) is 28.4 Å². The molecular formula is C48H77NOS2. The molecule has 3 saturated heterocycles. The summed E-state index contributed by atoms with van der Waals surface area (Å²) in [6, 6.07) is 2.40. The van der Waals surface area contributed by atoms with Gasteiger partial charge in [0.15, 0.2) is 0 Å². The van der Waals surface area contributed by atoms with Gasteiger partial charge in [-0.25, -0.2) is 0 Å². The molecule has 0 aromatic heterocycles. The Labute approximate surface area is 328 Å². The summed E-state index contributed by atoms with van der Waals surface area (Å²) in [6.45, 7) is 0. The summed E-state index contributed by atoms with van der Waals surface area (Å²) in [4.78, 5) is 3.44.